The van der Waals surface area contributed by atoms with Crippen LogP contribution < -0.4 is 0 Å². The molecule has 0 saturated carbocycles. The van der Waals surface area contributed by atoms with E-state index in [9.17, 15) is 9.90 Å². The number of rotatable bonds is 5. The van der Waals surface area contributed by atoms with E-state index in [0.29, 0.717) is 18.6 Å². The van der Waals surface area contributed by atoms with Crippen LogP contribution in [0.1, 0.15) is 49.5 Å². The van der Waals surface area contributed by atoms with Crippen LogP contribution in [-0.2, 0) is 10.3 Å². The number of ether oxygens (including phenoxy) is 1. The zero-order valence-corrected chi connectivity index (χ0v) is 10.7. The summed E-state index contributed by atoms with van der Waals surface area (Å²) >= 11 is 0. The van der Waals surface area contributed by atoms with E-state index in [1.807, 2.05) is 6.92 Å². The van der Waals surface area contributed by atoms with Crippen LogP contribution in [0.25, 0.3) is 0 Å². The molecule has 17 heavy (non-hydrogen) atoms. The molecular weight excluding hydrogens is 216 g/mol. The van der Waals surface area contributed by atoms with E-state index in [-0.39, 0.29) is 5.97 Å². The highest BCUT2D eigenvalue weighted by atomic mass is 16.5. The second kappa shape index (κ2) is 5.82. The summed E-state index contributed by atoms with van der Waals surface area (Å²) in [5, 5.41) is 10.2. The smallest absolute Gasteiger partial charge is 0.338 e. The van der Waals surface area contributed by atoms with Crippen LogP contribution in [0, 0.1) is 0 Å². The highest BCUT2D eigenvalue weighted by molar-refractivity contribution is 5.89. The summed E-state index contributed by atoms with van der Waals surface area (Å²) in [6.45, 7) is 5.96. The number of hydrogen-bond acceptors (Lipinski definition) is 3. The first kappa shape index (κ1) is 13.7. The highest BCUT2D eigenvalue weighted by Gasteiger charge is 2.21. The fourth-order valence-electron chi connectivity index (χ4n) is 1.81. The molecule has 1 aromatic carbocycles. The molecule has 0 aliphatic carbocycles. The van der Waals surface area contributed by atoms with Crippen molar-refractivity contribution in [2.45, 2.75) is 39.2 Å². The maximum absolute atomic E-state index is 11.4. The number of carbonyl (C=O) groups is 1. The van der Waals surface area contributed by atoms with Gasteiger partial charge in [0.25, 0.3) is 0 Å². The standard InChI is InChI=1S/C14H20O3/c1-4-10-14(3,16)12-8-6-11(7-9-12)13(15)17-5-2/h6-9,16H,4-5,10H2,1-3H3. The summed E-state index contributed by atoms with van der Waals surface area (Å²) in [7, 11) is 0. The van der Waals surface area contributed by atoms with Gasteiger partial charge in [-0.3, -0.25) is 0 Å². The zero-order valence-electron chi connectivity index (χ0n) is 10.7. The topological polar surface area (TPSA) is 46.5 Å². The molecule has 0 aromatic heterocycles. The van der Waals surface area contributed by atoms with Crippen LogP contribution in [0.15, 0.2) is 24.3 Å². The van der Waals surface area contributed by atoms with Crippen molar-refractivity contribution >= 4 is 5.97 Å². The maximum Gasteiger partial charge on any atom is 0.338 e. The Kier molecular flexibility index (Phi) is 4.70. The molecule has 0 bridgehead atoms. The van der Waals surface area contributed by atoms with Crippen LogP contribution in [0.4, 0.5) is 0 Å². The van der Waals surface area contributed by atoms with Crippen molar-refractivity contribution in [1.29, 1.82) is 0 Å². The predicted octanol–water partition coefficient (Wildman–Crippen LogP) is 2.87. The van der Waals surface area contributed by atoms with Crippen LogP contribution in [0.5, 0.6) is 0 Å². The Morgan fingerprint density at radius 1 is 1.29 bits per heavy atom. The van der Waals surface area contributed by atoms with E-state index in [2.05, 4.69) is 0 Å². The van der Waals surface area contributed by atoms with Gasteiger partial charge in [0.15, 0.2) is 0 Å². The lowest BCUT2D eigenvalue weighted by Gasteiger charge is -2.23. The Morgan fingerprint density at radius 3 is 2.35 bits per heavy atom. The van der Waals surface area contributed by atoms with Gasteiger partial charge in [0.1, 0.15) is 0 Å². The molecule has 0 heterocycles. The van der Waals surface area contributed by atoms with Crippen molar-refractivity contribution < 1.29 is 14.6 Å². The second-order valence-corrected chi connectivity index (χ2v) is 4.32. The number of aliphatic hydroxyl groups is 1. The minimum absolute atomic E-state index is 0.325. The molecule has 0 aliphatic rings. The van der Waals surface area contributed by atoms with E-state index in [4.69, 9.17) is 4.74 Å². The van der Waals surface area contributed by atoms with Gasteiger partial charge in [0, 0.05) is 0 Å². The van der Waals surface area contributed by atoms with Crippen molar-refractivity contribution in [3.05, 3.63) is 35.4 Å². The lowest BCUT2D eigenvalue weighted by atomic mass is 9.91. The predicted molar refractivity (Wildman–Crippen MR) is 66.9 cm³/mol. The minimum atomic E-state index is -0.831. The van der Waals surface area contributed by atoms with Crippen molar-refractivity contribution in [1.82, 2.24) is 0 Å². The average Bonchev–Trinajstić information content (AvgIpc) is 2.29. The van der Waals surface area contributed by atoms with Crippen molar-refractivity contribution in [3.8, 4) is 0 Å². The van der Waals surface area contributed by atoms with Crippen LogP contribution in [0.3, 0.4) is 0 Å². The largest absolute Gasteiger partial charge is 0.462 e. The normalized spacial score (nSPS) is 14.1. The Bertz CT molecular complexity index is 366. The first-order valence-corrected chi connectivity index (χ1v) is 6.01. The third-order valence-electron chi connectivity index (χ3n) is 2.75. The minimum Gasteiger partial charge on any atom is -0.462 e. The van der Waals surface area contributed by atoms with Gasteiger partial charge in [-0.2, -0.15) is 0 Å². The Morgan fingerprint density at radius 2 is 1.88 bits per heavy atom. The Balaban J connectivity index is 2.84. The molecule has 1 N–H and O–H groups in total. The summed E-state index contributed by atoms with van der Waals surface area (Å²) in [4.78, 5) is 11.4. The lowest BCUT2D eigenvalue weighted by molar-refractivity contribution is 0.0463. The first-order valence-electron chi connectivity index (χ1n) is 6.01. The Labute approximate surface area is 102 Å². The third kappa shape index (κ3) is 3.56. The van der Waals surface area contributed by atoms with Gasteiger partial charge < -0.3 is 9.84 Å². The molecule has 0 fully saturated rings. The molecule has 0 aliphatic heterocycles. The molecule has 94 valence electrons. The van der Waals surface area contributed by atoms with E-state index in [1.165, 1.54) is 0 Å². The zero-order chi connectivity index (χ0) is 12.9. The second-order valence-electron chi connectivity index (χ2n) is 4.32. The van der Waals surface area contributed by atoms with Crippen LogP contribution in [-0.4, -0.2) is 17.7 Å². The van der Waals surface area contributed by atoms with E-state index < -0.39 is 5.60 Å². The van der Waals surface area contributed by atoms with Gasteiger partial charge in [0.05, 0.1) is 17.8 Å². The number of esters is 1. The van der Waals surface area contributed by atoms with Gasteiger partial charge in [0.2, 0.25) is 0 Å². The van der Waals surface area contributed by atoms with Gasteiger partial charge in [-0.1, -0.05) is 25.5 Å². The summed E-state index contributed by atoms with van der Waals surface area (Å²) in [5.74, 6) is -0.325. The Hall–Kier alpha value is -1.35. The summed E-state index contributed by atoms with van der Waals surface area (Å²) in [6, 6.07) is 6.94. The van der Waals surface area contributed by atoms with Gasteiger partial charge in [-0.05, 0) is 38.0 Å². The molecule has 1 atom stereocenters. The lowest BCUT2D eigenvalue weighted by Crippen LogP contribution is -2.20. The van der Waals surface area contributed by atoms with Crippen molar-refractivity contribution in [2.75, 3.05) is 6.61 Å². The first-order chi connectivity index (χ1) is 8.01. The summed E-state index contributed by atoms with van der Waals surface area (Å²) < 4.78 is 4.90. The fraction of sp³-hybridized carbons (Fsp3) is 0.500. The van der Waals surface area contributed by atoms with E-state index in [1.54, 1.807) is 38.1 Å². The molecule has 3 heteroatoms. The number of hydrogen-bond donors (Lipinski definition) is 1. The molecule has 0 radical (unpaired) electrons. The molecule has 1 unspecified atom stereocenters. The SMILES string of the molecule is CCCC(C)(O)c1ccc(C(=O)OCC)cc1. The summed E-state index contributed by atoms with van der Waals surface area (Å²) in [5.41, 5.74) is 0.511. The maximum atomic E-state index is 11.4. The van der Waals surface area contributed by atoms with Crippen molar-refractivity contribution in [2.24, 2.45) is 0 Å². The molecule has 0 spiro atoms. The quantitative estimate of drug-likeness (QED) is 0.800. The van der Waals surface area contributed by atoms with Crippen LogP contribution >= 0.6 is 0 Å². The molecule has 0 saturated heterocycles. The average molecular weight is 236 g/mol. The highest BCUT2D eigenvalue weighted by Crippen LogP contribution is 2.25. The number of benzene rings is 1. The van der Waals surface area contributed by atoms with E-state index >= 15 is 0 Å². The van der Waals surface area contributed by atoms with Gasteiger partial charge >= 0.3 is 5.97 Å². The molecule has 3 nitrogen and oxygen atoms in total. The molecule has 0 amide bonds. The monoisotopic (exact) mass is 236 g/mol. The van der Waals surface area contributed by atoms with Gasteiger partial charge in [-0.25, -0.2) is 4.79 Å². The third-order valence-corrected chi connectivity index (χ3v) is 2.75. The fourth-order valence-corrected chi connectivity index (χ4v) is 1.81. The summed E-state index contributed by atoms with van der Waals surface area (Å²) in [6.07, 6.45) is 1.61. The van der Waals surface area contributed by atoms with Gasteiger partial charge in [-0.15, -0.1) is 0 Å². The molecule has 1 rings (SSSR count). The molecule has 1 aromatic rings. The van der Waals surface area contributed by atoms with Crippen LogP contribution in [0.2, 0.25) is 0 Å². The number of carbonyl (C=O) groups excluding carboxylic acids is 1. The molecular formula is C14H20O3. The van der Waals surface area contributed by atoms with E-state index in [0.717, 1.165) is 12.0 Å². The van der Waals surface area contributed by atoms with Crippen molar-refractivity contribution in [3.63, 3.8) is 0 Å².